The van der Waals surface area contributed by atoms with E-state index in [0.717, 1.165) is 30.6 Å². The number of nitrogens with one attached hydrogen (secondary N) is 1. The average Bonchev–Trinajstić information content (AvgIpc) is 2.84. The number of thiophene rings is 1. The second-order valence-corrected chi connectivity index (χ2v) is 8.48. The summed E-state index contributed by atoms with van der Waals surface area (Å²) in [6, 6.07) is 5.00. The Bertz CT molecular complexity index is 581. The predicted molar refractivity (Wildman–Crippen MR) is 70.8 cm³/mol. The molecular weight excluding hydrogens is 268 g/mol. The van der Waals surface area contributed by atoms with Crippen LogP contribution in [0.15, 0.2) is 16.3 Å². The zero-order valence-electron chi connectivity index (χ0n) is 10.4. The van der Waals surface area contributed by atoms with Crippen LogP contribution in [-0.4, -0.2) is 14.5 Å². The SMILES string of the molecule is CC1(C)CCC(NS(=O)(=O)c2ccc(C#N)s2)C1. The molecule has 0 aliphatic heterocycles. The van der Waals surface area contributed by atoms with Crippen molar-refractivity contribution in [1.29, 1.82) is 5.26 Å². The van der Waals surface area contributed by atoms with Crippen molar-refractivity contribution in [2.75, 3.05) is 0 Å². The third kappa shape index (κ3) is 2.91. The van der Waals surface area contributed by atoms with Crippen molar-refractivity contribution < 1.29 is 8.42 Å². The molecule has 1 aromatic heterocycles. The van der Waals surface area contributed by atoms with Crippen molar-refractivity contribution in [3.05, 3.63) is 17.0 Å². The van der Waals surface area contributed by atoms with Crippen molar-refractivity contribution in [1.82, 2.24) is 4.72 Å². The minimum Gasteiger partial charge on any atom is -0.207 e. The standard InChI is InChI=1S/C12H16N2O2S2/c1-12(2)6-5-9(7-12)14-18(15,16)11-4-3-10(8-13)17-11/h3-4,9,14H,5-7H2,1-2H3. The Hall–Kier alpha value is -0.900. The monoisotopic (exact) mass is 284 g/mol. The number of hydrogen-bond acceptors (Lipinski definition) is 4. The summed E-state index contributed by atoms with van der Waals surface area (Å²) in [7, 11) is -3.47. The van der Waals surface area contributed by atoms with Gasteiger partial charge in [-0.2, -0.15) is 5.26 Å². The summed E-state index contributed by atoms with van der Waals surface area (Å²) in [5.41, 5.74) is 0.209. The predicted octanol–water partition coefficient (Wildman–Crippen LogP) is 2.48. The van der Waals surface area contributed by atoms with E-state index in [0.29, 0.717) is 4.88 Å². The first-order chi connectivity index (χ1) is 8.32. The number of nitriles is 1. The second-order valence-electron chi connectivity index (χ2n) is 5.46. The van der Waals surface area contributed by atoms with Crippen LogP contribution >= 0.6 is 11.3 Å². The zero-order valence-corrected chi connectivity index (χ0v) is 12.1. The molecular formula is C12H16N2O2S2. The second kappa shape index (κ2) is 4.65. The van der Waals surface area contributed by atoms with Crippen LogP contribution < -0.4 is 4.72 Å². The molecule has 1 N–H and O–H groups in total. The fourth-order valence-electron chi connectivity index (χ4n) is 2.34. The van der Waals surface area contributed by atoms with Gasteiger partial charge in [-0.15, -0.1) is 11.3 Å². The topological polar surface area (TPSA) is 70.0 Å². The van der Waals surface area contributed by atoms with Crippen LogP contribution in [0.5, 0.6) is 0 Å². The Balaban J connectivity index is 2.11. The van der Waals surface area contributed by atoms with E-state index < -0.39 is 10.0 Å². The lowest BCUT2D eigenvalue weighted by molar-refractivity contribution is 0.372. The van der Waals surface area contributed by atoms with E-state index in [4.69, 9.17) is 5.26 Å². The van der Waals surface area contributed by atoms with Gasteiger partial charge in [-0.05, 0) is 36.8 Å². The quantitative estimate of drug-likeness (QED) is 0.927. The first kappa shape index (κ1) is 13.5. The highest BCUT2D eigenvalue weighted by Gasteiger charge is 2.33. The minimum atomic E-state index is -3.47. The summed E-state index contributed by atoms with van der Waals surface area (Å²) >= 11 is 1.01. The van der Waals surface area contributed by atoms with Gasteiger partial charge in [-0.3, -0.25) is 0 Å². The normalized spacial score (nSPS) is 22.8. The van der Waals surface area contributed by atoms with Gasteiger partial charge in [0.2, 0.25) is 10.0 Å². The Morgan fingerprint density at radius 3 is 2.72 bits per heavy atom. The summed E-state index contributed by atoms with van der Waals surface area (Å²) in [5, 5.41) is 8.71. The van der Waals surface area contributed by atoms with Gasteiger partial charge in [0.15, 0.2) is 0 Å². The molecule has 1 fully saturated rings. The summed E-state index contributed by atoms with van der Waals surface area (Å²) in [6.07, 6.45) is 2.78. The molecule has 0 radical (unpaired) electrons. The number of rotatable bonds is 3. The lowest BCUT2D eigenvalue weighted by Gasteiger charge is -2.17. The highest BCUT2D eigenvalue weighted by Crippen LogP contribution is 2.37. The number of nitrogens with zero attached hydrogens (tertiary/aromatic N) is 1. The molecule has 6 heteroatoms. The maximum atomic E-state index is 12.1. The van der Waals surface area contributed by atoms with Crippen LogP contribution in [0.25, 0.3) is 0 Å². The molecule has 0 saturated heterocycles. The molecule has 1 aromatic rings. The smallest absolute Gasteiger partial charge is 0.207 e. The van der Waals surface area contributed by atoms with Gasteiger partial charge in [-0.25, -0.2) is 13.1 Å². The van der Waals surface area contributed by atoms with Gasteiger partial charge in [-0.1, -0.05) is 13.8 Å². The van der Waals surface area contributed by atoms with E-state index in [1.807, 2.05) is 6.07 Å². The van der Waals surface area contributed by atoms with E-state index in [2.05, 4.69) is 18.6 Å². The fourth-order valence-corrected chi connectivity index (χ4v) is 4.73. The molecule has 1 saturated carbocycles. The first-order valence-corrected chi connectivity index (χ1v) is 8.15. The van der Waals surface area contributed by atoms with E-state index in [-0.39, 0.29) is 15.7 Å². The summed E-state index contributed by atoms with van der Waals surface area (Å²) < 4.78 is 27.2. The van der Waals surface area contributed by atoms with Crippen molar-refractivity contribution in [3.63, 3.8) is 0 Å². The maximum absolute atomic E-state index is 12.1. The molecule has 18 heavy (non-hydrogen) atoms. The number of sulfonamides is 1. The summed E-state index contributed by atoms with van der Waals surface area (Å²) in [5.74, 6) is 0. The fraction of sp³-hybridized carbons (Fsp3) is 0.583. The van der Waals surface area contributed by atoms with Crippen molar-refractivity contribution in [2.45, 2.75) is 43.4 Å². The Labute approximate surface area is 112 Å². The van der Waals surface area contributed by atoms with Crippen molar-refractivity contribution in [3.8, 4) is 6.07 Å². The van der Waals surface area contributed by atoms with E-state index in [1.54, 1.807) is 0 Å². The first-order valence-electron chi connectivity index (χ1n) is 5.85. The van der Waals surface area contributed by atoms with E-state index in [1.165, 1.54) is 12.1 Å². The average molecular weight is 284 g/mol. The number of hydrogen-bond donors (Lipinski definition) is 1. The highest BCUT2D eigenvalue weighted by atomic mass is 32.2. The van der Waals surface area contributed by atoms with Crippen LogP contribution in [0.3, 0.4) is 0 Å². The summed E-state index contributed by atoms with van der Waals surface area (Å²) in [4.78, 5) is 0.419. The van der Waals surface area contributed by atoms with Gasteiger partial charge < -0.3 is 0 Å². The highest BCUT2D eigenvalue weighted by molar-refractivity contribution is 7.91. The Kier molecular flexibility index (Phi) is 3.49. The largest absolute Gasteiger partial charge is 0.250 e. The lowest BCUT2D eigenvalue weighted by Crippen LogP contribution is -2.33. The molecule has 0 amide bonds. The minimum absolute atomic E-state index is 0.0117. The zero-order chi connectivity index (χ0) is 13.4. The summed E-state index contributed by atoms with van der Waals surface area (Å²) in [6.45, 7) is 4.31. The molecule has 1 atom stereocenters. The van der Waals surface area contributed by atoms with Crippen molar-refractivity contribution >= 4 is 21.4 Å². The molecule has 0 spiro atoms. The third-order valence-corrected chi connectivity index (χ3v) is 6.25. The molecule has 1 aliphatic rings. The van der Waals surface area contributed by atoms with E-state index >= 15 is 0 Å². The molecule has 1 heterocycles. The molecule has 2 rings (SSSR count). The van der Waals surface area contributed by atoms with Gasteiger partial charge in [0.25, 0.3) is 0 Å². The van der Waals surface area contributed by atoms with E-state index in [9.17, 15) is 8.42 Å². The van der Waals surface area contributed by atoms with Crippen molar-refractivity contribution in [2.24, 2.45) is 5.41 Å². The molecule has 4 nitrogen and oxygen atoms in total. The van der Waals surface area contributed by atoms with Crippen LogP contribution in [-0.2, 0) is 10.0 Å². The Morgan fingerprint density at radius 1 is 1.50 bits per heavy atom. The molecule has 1 unspecified atom stereocenters. The van der Waals surface area contributed by atoms with Crippen LogP contribution in [0.4, 0.5) is 0 Å². The van der Waals surface area contributed by atoms with Crippen LogP contribution in [0.1, 0.15) is 38.0 Å². The maximum Gasteiger partial charge on any atom is 0.250 e. The lowest BCUT2D eigenvalue weighted by atomic mass is 9.92. The molecule has 1 aliphatic carbocycles. The Morgan fingerprint density at radius 2 is 2.22 bits per heavy atom. The molecule has 0 bridgehead atoms. The third-order valence-electron chi connectivity index (χ3n) is 3.25. The van der Waals surface area contributed by atoms with Gasteiger partial charge in [0, 0.05) is 6.04 Å². The molecule has 0 aromatic carbocycles. The van der Waals surface area contributed by atoms with Crippen LogP contribution in [0, 0.1) is 16.7 Å². The van der Waals surface area contributed by atoms with Crippen LogP contribution in [0.2, 0.25) is 0 Å². The van der Waals surface area contributed by atoms with Gasteiger partial charge >= 0.3 is 0 Å². The van der Waals surface area contributed by atoms with Gasteiger partial charge in [0.05, 0.1) is 0 Å². The van der Waals surface area contributed by atoms with Gasteiger partial charge in [0.1, 0.15) is 15.2 Å². The molecule has 98 valence electrons.